The Morgan fingerprint density at radius 2 is 2.21 bits per heavy atom. The first-order chi connectivity index (χ1) is 9.11. The van der Waals surface area contributed by atoms with Crippen LogP contribution in [0.25, 0.3) is 0 Å². The minimum Gasteiger partial charge on any atom is -0.371 e. The normalized spacial score (nSPS) is 16.4. The number of hydrogen-bond donors (Lipinski definition) is 1. The maximum absolute atomic E-state index is 6.14. The molecule has 1 aromatic rings. The highest BCUT2D eigenvalue weighted by atomic mass is 35.5. The van der Waals surface area contributed by atoms with Gasteiger partial charge in [-0.2, -0.15) is 11.8 Å². The molecule has 19 heavy (non-hydrogen) atoms. The van der Waals surface area contributed by atoms with Crippen LogP contribution in [0.5, 0.6) is 0 Å². The van der Waals surface area contributed by atoms with Gasteiger partial charge < -0.3 is 10.2 Å². The second kappa shape index (κ2) is 6.87. The average Bonchev–Trinajstić information content (AvgIpc) is 3.20. The van der Waals surface area contributed by atoms with Gasteiger partial charge in [0.15, 0.2) is 0 Å². The molecule has 1 saturated carbocycles. The number of thioether (sulfide) groups is 1. The molecule has 0 saturated heterocycles. The van der Waals surface area contributed by atoms with E-state index in [2.05, 4.69) is 42.6 Å². The van der Waals surface area contributed by atoms with E-state index in [0.29, 0.717) is 6.04 Å². The molecule has 1 unspecified atom stereocenters. The summed E-state index contributed by atoms with van der Waals surface area (Å²) in [6.07, 6.45) is 4.78. The van der Waals surface area contributed by atoms with Crippen LogP contribution in [-0.2, 0) is 6.54 Å². The van der Waals surface area contributed by atoms with E-state index in [1.165, 1.54) is 24.1 Å². The van der Waals surface area contributed by atoms with Gasteiger partial charge in [0.2, 0.25) is 0 Å². The third-order valence-electron chi connectivity index (χ3n) is 3.65. The molecular weight excluding hydrogens is 276 g/mol. The van der Waals surface area contributed by atoms with E-state index in [1.54, 1.807) is 0 Å². The van der Waals surface area contributed by atoms with Gasteiger partial charge in [0.05, 0.1) is 0 Å². The summed E-state index contributed by atoms with van der Waals surface area (Å²) < 4.78 is 0. The van der Waals surface area contributed by atoms with Crippen molar-refractivity contribution in [3.63, 3.8) is 0 Å². The lowest BCUT2D eigenvalue weighted by Crippen LogP contribution is -2.32. The molecular formula is C15H23ClN2S. The number of rotatable bonds is 7. The van der Waals surface area contributed by atoms with Crippen LogP contribution in [0, 0.1) is 0 Å². The number of nitrogens with one attached hydrogen (secondary N) is 1. The minimum absolute atomic E-state index is 0.524. The van der Waals surface area contributed by atoms with Crippen molar-refractivity contribution < 1.29 is 0 Å². The van der Waals surface area contributed by atoms with Crippen molar-refractivity contribution in [1.82, 2.24) is 5.32 Å². The summed E-state index contributed by atoms with van der Waals surface area (Å²) in [4.78, 5) is 2.36. The maximum atomic E-state index is 6.14. The van der Waals surface area contributed by atoms with Crippen LogP contribution in [0.15, 0.2) is 18.2 Å². The van der Waals surface area contributed by atoms with Crippen LogP contribution in [0.4, 0.5) is 5.69 Å². The number of halogens is 1. The first-order valence-electron chi connectivity index (χ1n) is 6.85. The van der Waals surface area contributed by atoms with E-state index in [-0.39, 0.29) is 0 Å². The predicted octanol–water partition coefficient (Wildman–Crippen LogP) is 3.78. The predicted molar refractivity (Wildman–Crippen MR) is 87.6 cm³/mol. The highest BCUT2D eigenvalue weighted by molar-refractivity contribution is 7.98. The molecule has 1 N–H and O–H groups in total. The third-order valence-corrected chi connectivity index (χ3v) is 4.70. The van der Waals surface area contributed by atoms with Crippen molar-refractivity contribution in [2.75, 3.05) is 24.0 Å². The third kappa shape index (κ3) is 4.30. The molecule has 1 aliphatic carbocycles. The molecule has 1 atom stereocenters. The van der Waals surface area contributed by atoms with Gasteiger partial charge in [-0.1, -0.05) is 11.6 Å². The average molecular weight is 299 g/mol. The van der Waals surface area contributed by atoms with Crippen LogP contribution in [-0.4, -0.2) is 31.1 Å². The van der Waals surface area contributed by atoms with Gasteiger partial charge >= 0.3 is 0 Å². The largest absolute Gasteiger partial charge is 0.371 e. The fourth-order valence-corrected chi connectivity index (χ4v) is 3.07. The van der Waals surface area contributed by atoms with E-state index >= 15 is 0 Å². The minimum atomic E-state index is 0.524. The summed E-state index contributed by atoms with van der Waals surface area (Å²) in [6, 6.07) is 7.47. The molecule has 0 bridgehead atoms. The van der Waals surface area contributed by atoms with Gasteiger partial charge in [0.25, 0.3) is 0 Å². The second-order valence-electron chi connectivity index (χ2n) is 5.34. The van der Waals surface area contributed by atoms with Crippen molar-refractivity contribution in [1.29, 1.82) is 0 Å². The highest BCUT2D eigenvalue weighted by Gasteiger charge is 2.21. The molecule has 0 spiro atoms. The lowest BCUT2D eigenvalue weighted by Gasteiger charge is -2.29. The Kier molecular flexibility index (Phi) is 5.43. The topological polar surface area (TPSA) is 15.3 Å². The molecule has 1 fully saturated rings. The van der Waals surface area contributed by atoms with Crippen LogP contribution in [0.2, 0.25) is 5.02 Å². The van der Waals surface area contributed by atoms with Gasteiger partial charge in [-0.25, -0.2) is 0 Å². The van der Waals surface area contributed by atoms with Crippen molar-refractivity contribution in [3.8, 4) is 0 Å². The zero-order chi connectivity index (χ0) is 13.8. The van der Waals surface area contributed by atoms with E-state index < -0.39 is 0 Å². The second-order valence-corrected chi connectivity index (χ2v) is 6.69. The van der Waals surface area contributed by atoms with Crippen LogP contribution >= 0.6 is 23.4 Å². The lowest BCUT2D eigenvalue weighted by atomic mass is 10.1. The zero-order valence-electron chi connectivity index (χ0n) is 11.9. The quantitative estimate of drug-likeness (QED) is 0.825. The van der Waals surface area contributed by atoms with E-state index in [9.17, 15) is 0 Å². The van der Waals surface area contributed by atoms with Crippen LogP contribution in [0.3, 0.4) is 0 Å². The van der Waals surface area contributed by atoms with Gasteiger partial charge in [-0.15, -0.1) is 0 Å². The Morgan fingerprint density at radius 1 is 1.47 bits per heavy atom. The van der Waals surface area contributed by atoms with Crippen molar-refractivity contribution in [2.45, 2.75) is 38.4 Å². The fraction of sp³-hybridized carbons (Fsp3) is 0.600. The molecule has 2 rings (SSSR count). The van der Waals surface area contributed by atoms with E-state index in [4.69, 9.17) is 11.6 Å². The van der Waals surface area contributed by atoms with Gasteiger partial charge in [0, 0.05) is 42.1 Å². The Balaban J connectivity index is 2.11. The van der Waals surface area contributed by atoms with Gasteiger partial charge in [-0.05, 0) is 49.8 Å². The Hall–Kier alpha value is -0.380. The number of hydrogen-bond acceptors (Lipinski definition) is 3. The Bertz CT molecular complexity index is 421. The summed E-state index contributed by atoms with van der Waals surface area (Å²) in [6.45, 7) is 3.18. The fourth-order valence-electron chi connectivity index (χ4n) is 2.17. The lowest BCUT2D eigenvalue weighted by molar-refractivity contribution is 0.680. The number of benzene rings is 1. The Labute approximate surface area is 125 Å². The van der Waals surface area contributed by atoms with Crippen molar-refractivity contribution in [2.24, 2.45) is 0 Å². The van der Waals surface area contributed by atoms with Crippen molar-refractivity contribution >= 4 is 29.1 Å². The van der Waals surface area contributed by atoms with E-state index in [1.807, 2.05) is 17.8 Å². The van der Waals surface area contributed by atoms with Crippen LogP contribution in [0.1, 0.15) is 25.3 Å². The molecule has 0 amide bonds. The summed E-state index contributed by atoms with van der Waals surface area (Å²) >= 11 is 8.03. The molecule has 2 nitrogen and oxygen atoms in total. The molecule has 4 heteroatoms. The first-order valence-corrected chi connectivity index (χ1v) is 8.62. The smallest absolute Gasteiger partial charge is 0.0412 e. The summed E-state index contributed by atoms with van der Waals surface area (Å²) in [5.41, 5.74) is 2.59. The summed E-state index contributed by atoms with van der Waals surface area (Å²) in [7, 11) is 2.17. The standard InChI is InChI=1S/C15H23ClN2S/c1-11(10-19-3)18(2)15-7-4-13(16)8-12(15)9-17-14-5-6-14/h4,7-8,11,14,17H,5-6,9-10H2,1-3H3. The number of nitrogens with zero attached hydrogens (tertiary/aromatic N) is 1. The van der Waals surface area contributed by atoms with Gasteiger partial charge in [0.1, 0.15) is 0 Å². The molecule has 0 heterocycles. The maximum Gasteiger partial charge on any atom is 0.0412 e. The molecule has 1 aromatic carbocycles. The first kappa shape index (κ1) is 15.0. The molecule has 0 aromatic heterocycles. The summed E-state index contributed by atoms with van der Waals surface area (Å²) in [5.74, 6) is 1.13. The van der Waals surface area contributed by atoms with Crippen LogP contribution < -0.4 is 10.2 Å². The SMILES string of the molecule is CSCC(C)N(C)c1ccc(Cl)cc1CNC1CC1. The van der Waals surface area contributed by atoms with Gasteiger partial charge in [-0.3, -0.25) is 0 Å². The van der Waals surface area contributed by atoms with Crippen molar-refractivity contribution in [3.05, 3.63) is 28.8 Å². The monoisotopic (exact) mass is 298 g/mol. The Morgan fingerprint density at radius 3 is 2.84 bits per heavy atom. The molecule has 0 aliphatic heterocycles. The highest BCUT2D eigenvalue weighted by Crippen LogP contribution is 2.27. The molecule has 1 aliphatic rings. The molecule has 0 radical (unpaired) electrons. The molecule has 106 valence electrons. The summed E-state index contributed by atoms with van der Waals surface area (Å²) in [5, 5.41) is 4.40. The zero-order valence-corrected chi connectivity index (χ0v) is 13.5. The number of anilines is 1. The van der Waals surface area contributed by atoms with E-state index in [0.717, 1.165) is 23.4 Å².